The summed E-state index contributed by atoms with van der Waals surface area (Å²) in [5.41, 5.74) is 1.81. The normalized spacial score (nSPS) is 10.2. The summed E-state index contributed by atoms with van der Waals surface area (Å²) in [5.74, 6) is -0.986. The third kappa shape index (κ3) is 5.81. The molecule has 6 heteroatoms. The van der Waals surface area contributed by atoms with Crippen LogP contribution in [0.1, 0.15) is 46.0 Å². The molecule has 0 aliphatic carbocycles. The van der Waals surface area contributed by atoms with Crippen LogP contribution in [0.2, 0.25) is 0 Å². The summed E-state index contributed by atoms with van der Waals surface area (Å²) in [7, 11) is 0. The first-order valence-corrected chi connectivity index (χ1v) is 8.42. The van der Waals surface area contributed by atoms with Crippen molar-refractivity contribution < 1.29 is 18.8 Å². The van der Waals surface area contributed by atoms with E-state index in [1.807, 2.05) is 6.92 Å². The molecule has 0 heterocycles. The molecule has 0 radical (unpaired) electrons. The van der Waals surface area contributed by atoms with Crippen LogP contribution in [-0.4, -0.2) is 24.1 Å². The van der Waals surface area contributed by atoms with Crippen LogP contribution >= 0.6 is 0 Å². The fourth-order valence-corrected chi connectivity index (χ4v) is 2.33. The van der Waals surface area contributed by atoms with Crippen LogP contribution < -0.4 is 10.6 Å². The number of amides is 2. The van der Waals surface area contributed by atoms with Crippen molar-refractivity contribution in [1.82, 2.24) is 10.6 Å². The lowest BCUT2D eigenvalue weighted by Crippen LogP contribution is -2.24. The van der Waals surface area contributed by atoms with Crippen LogP contribution in [-0.2, 0) is 11.3 Å². The van der Waals surface area contributed by atoms with Gasteiger partial charge in [0.25, 0.3) is 5.91 Å². The van der Waals surface area contributed by atoms with E-state index in [1.54, 1.807) is 24.3 Å². The molecule has 0 unspecified atom stereocenters. The molecule has 26 heavy (non-hydrogen) atoms. The molecule has 0 fully saturated rings. The highest BCUT2D eigenvalue weighted by Gasteiger charge is 2.10. The van der Waals surface area contributed by atoms with Gasteiger partial charge in [-0.05, 0) is 48.9 Å². The minimum atomic E-state index is -0.405. The van der Waals surface area contributed by atoms with Crippen molar-refractivity contribution in [2.75, 3.05) is 6.54 Å². The predicted molar refractivity (Wildman–Crippen MR) is 96.3 cm³/mol. The van der Waals surface area contributed by atoms with Gasteiger partial charge in [-0.2, -0.15) is 0 Å². The molecule has 0 aliphatic rings. The van der Waals surface area contributed by atoms with E-state index in [0.717, 1.165) is 5.56 Å². The molecule has 2 amide bonds. The summed E-state index contributed by atoms with van der Waals surface area (Å²) in [4.78, 5) is 35.5. The summed E-state index contributed by atoms with van der Waals surface area (Å²) in [6, 6.07) is 12.2. The van der Waals surface area contributed by atoms with Gasteiger partial charge >= 0.3 is 0 Å². The zero-order valence-corrected chi connectivity index (χ0v) is 14.5. The van der Waals surface area contributed by atoms with Gasteiger partial charge in [0.2, 0.25) is 5.91 Å². The van der Waals surface area contributed by atoms with Crippen molar-refractivity contribution in [3.63, 3.8) is 0 Å². The van der Waals surface area contributed by atoms with Crippen LogP contribution in [0.5, 0.6) is 0 Å². The van der Waals surface area contributed by atoms with E-state index >= 15 is 0 Å². The molecule has 0 bridgehead atoms. The Hall–Kier alpha value is -3.02. The van der Waals surface area contributed by atoms with E-state index in [-0.39, 0.29) is 30.4 Å². The van der Waals surface area contributed by atoms with Crippen molar-refractivity contribution >= 4 is 17.6 Å². The number of carbonyl (C=O) groups is 3. The van der Waals surface area contributed by atoms with E-state index in [4.69, 9.17) is 0 Å². The molecule has 0 aliphatic heterocycles. The SMILES string of the molecule is CCNC(=O)c1ccc(CNC(=O)CCC(=O)c2ccc(F)cc2)cc1. The molecule has 2 aromatic carbocycles. The van der Waals surface area contributed by atoms with Crippen molar-refractivity contribution in [2.45, 2.75) is 26.3 Å². The number of nitrogens with one attached hydrogen (secondary N) is 2. The van der Waals surface area contributed by atoms with Crippen LogP contribution in [0.25, 0.3) is 0 Å². The second kappa shape index (κ2) is 9.46. The summed E-state index contributed by atoms with van der Waals surface area (Å²) >= 11 is 0. The van der Waals surface area contributed by atoms with Crippen molar-refractivity contribution in [1.29, 1.82) is 0 Å². The van der Waals surface area contributed by atoms with Crippen LogP contribution in [0.15, 0.2) is 48.5 Å². The number of hydrogen-bond acceptors (Lipinski definition) is 3. The van der Waals surface area contributed by atoms with Gasteiger partial charge in [0.1, 0.15) is 5.82 Å². The molecule has 0 aromatic heterocycles. The average molecular weight is 356 g/mol. The molecule has 5 nitrogen and oxygen atoms in total. The van der Waals surface area contributed by atoms with E-state index < -0.39 is 5.82 Å². The smallest absolute Gasteiger partial charge is 0.251 e. The number of benzene rings is 2. The van der Waals surface area contributed by atoms with Gasteiger partial charge in [0.05, 0.1) is 0 Å². The molecule has 0 saturated heterocycles. The predicted octanol–water partition coefficient (Wildman–Crippen LogP) is 2.85. The second-order valence-electron chi connectivity index (χ2n) is 5.76. The molecule has 2 rings (SSSR count). The zero-order valence-electron chi connectivity index (χ0n) is 14.5. The Balaban J connectivity index is 1.77. The Labute approximate surface area is 151 Å². The lowest BCUT2D eigenvalue weighted by molar-refractivity contribution is -0.121. The second-order valence-corrected chi connectivity index (χ2v) is 5.76. The first kappa shape index (κ1) is 19.3. The Morgan fingerprint density at radius 3 is 2.08 bits per heavy atom. The summed E-state index contributed by atoms with van der Waals surface area (Å²) < 4.78 is 12.8. The number of ketones is 1. The summed E-state index contributed by atoms with van der Waals surface area (Å²) in [6.45, 7) is 2.73. The maximum Gasteiger partial charge on any atom is 0.251 e. The molecule has 136 valence electrons. The Morgan fingerprint density at radius 1 is 0.846 bits per heavy atom. The number of Topliss-reactive ketones (excluding diaryl/α,β-unsaturated/α-hetero) is 1. The number of halogens is 1. The highest BCUT2D eigenvalue weighted by atomic mass is 19.1. The third-order valence-corrected chi connectivity index (χ3v) is 3.79. The molecule has 0 saturated carbocycles. The average Bonchev–Trinajstić information content (AvgIpc) is 2.65. The molecule has 0 spiro atoms. The maximum absolute atomic E-state index is 12.8. The van der Waals surface area contributed by atoms with Crippen molar-refractivity contribution in [3.05, 3.63) is 71.0 Å². The van der Waals surface area contributed by atoms with Gasteiger partial charge < -0.3 is 10.6 Å². The first-order valence-electron chi connectivity index (χ1n) is 8.42. The highest BCUT2D eigenvalue weighted by molar-refractivity contribution is 5.98. The van der Waals surface area contributed by atoms with Gasteiger partial charge in [-0.1, -0.05) is 12.1 Å². The lowest BCUT2D eigenvalue weighted by Gasteiger charge is -2.07. The quantitative estimate of drug-likeness (QED) is 0.714. The van der Waals surface area contributed by atoms with E-state index in [9.17, 15) is 18.8 Å². The molecule has 2 N–H and O–H groups in total. The minimum Gasteiger partial charge on any atom is -0.352 e. The minimum absolute atomic E-state index is 0.0627. The molecular formula is C20H21FN2O3. The fourth-order valence-electron chi connectivity index (χ4n) is 2.33. The topological polar surface area (TPSA) is 75.3 Å². The Kier molecular flexibility index (Phi) is 7.02. The van der Waals surface area contributed by atoms with Crippen LogP contribution in [0.4, 0.5) is 4.39 Å². The maximum atomic E-state index is 12.8. The third-order valence-electron chi connectivity index (χ3n) is 3.79. The molecule has 0 atom stereocenters. The van der Waals surface area contributed by atoms with Gasteiger partial charge in [-0.15, -0.1) is 0 Å². The van der Waals surface area contributed by atoms with E-state index in [2.05, 4.69) is 10.6 Å². The van der Waals surface area contributed by atoms with E-state index in [0.29, 0.717) is 24.2 Å². The number of hydrogen-bond donors (Lipinski definition) is 2. The van der Waals surface area contributed by atoms with Gasteiger partial charge in [0.15, 0.2) is 5.78 Å². The number of carbonyl (C=O) groups excluding carboxylic acids is 3. The Morgan fingerprint density at radius 2 is 1.46 bits per heavy atom. The highest BCUT2D eigenvalue weighted by Crippen LogP contribution is 2.08. The van der Waals surface area contributed by atoms with Crippen molar-refractivity contribution in [2.24, 2.45) is 0 Å². The lowest BCUT2D eigenvalue weighted by atomic mass is 10.1. The van der Waals surface area contributed by atoms with Gasteiger partial charge in [0, 0.05) is 37.1 Å². The van der Waals surface area contributed by atoms with Crippen molar-refractivity contribution in [3.8, 4) is 0 Å². The zero-order chi connectivity index (χ0) is 18.9. The molecular weight excluding hydrogens is 335 g/mol. The first-order chi connectivity index (χ1) is 12.5. The molecule has 2 aromatic rings. The summed E-state index contributed by atoms with van der Waals surface area (Å²) in [6.07, 6.45) is 0.126. The van der Waals surface area contributed by atoms with Gasteiger partial charge in [-0.3, -0.25) is 14.4 Å². The fraction of sp³-hybridized carbons (Fsp3) is 0.250. The Bertz CT molecular complexity index is 771. The van der Waals surface area contributed by atoms with E-state index in [1.165, 1.54) is 24.3 Å². The van der Waals surface area contributed by atoms with Crippen LogP contribution in [0.3, 0.4) is 0 Å². The summed E-state index contributed by atoms with van der Waals surface area (Å²) in [5, 5.41) is 5.45. The monoisotopic (exact) mass is 356 g/mol. The number of rotatable bonds is 8. The standard InChI is InChI=1S/C20H21FN2O3/c1-2-22-20(26)16-5-3-14(4-6-16)13-23-19(25)12-11-18(24)15-7-9-17(21)10-8-15/h3-10H,2,11-13H2,1H3,(H,22,26)(H,23,25). The van der Waals surface area contributed by atoms with Crippen LogP contribution in [0, 0.1) is 5.82 Å². The van der Waals surface area contributed by atoms with Gasteiger partial charge in [-0.25, -0.2) is 4.39 Å². The largest absolute Gasteiger partial charge is 0.352 e.